The van der Waals surface area contributed by atoms with Gasteiger partial charge in [0, 0.05) is 23.7 Å². The average molecular weight is 285 g/mol. The van der Waals surface area contributed by atoms with Gasteiger partial charge in [-0.3, -0.25) is 4.79 Å². The largest absolute Gasteiger partial charge is 0.384 e. The number of aliphatic hydroxyl groups excluding tert-OH is 1. The van der Waals surface area contributed by atoms with Crippen LogP contribution in [-0.4, -0.2) is 35.1 Å². The van der Waals surface area contributed by atoms with Crippen molar-refractivity contribution in [3.63, 3.8) is 0 Å². The third-order valence-electron chi connectivity index (χ3n) is 4.12. The molecule has 0 bridgehead atoms. The molecule has 21 heavy (non-hydrogen) atoms. The molecule has 1 amide bonds. The highest BCUT2D eigenvalue weighted by Gasteiger charge is 2.31. The Hall–Kier alpha value is -1.79. The van der Waals surface area contributed by atoms with Crippen LogP contribution in [0.25, 0.3) is 0 Å². The van der Waals surface area contributed by atoms with Crippen molar-refractivity contribution in [1.29, 1.82) is 0 Å². The highest BCUT2D eigenvalue weighted by Crippen LogP contribution is 2.26. The number of carbonyl (C=O) groups is 1. The van der Waals surface area contributed by atoms with E-state index < -0.39 is 0 Å². The SMILES string of the molecule is Cc1ccc(C(=O)N2CCCC2C(C)C)cc1C#CCO. The first-order valence-electron chi connectivity index (χ1n) is 7.56. The van der Waals surface area contributed by atoms with Gasteiger partial charge in [0.1, 0.15) is 6.61 Å². The molecule has 3 heteroatoms. The summed E-state index contributed by atoms with van der Waals surface area (Å²) in [6.07, 6.45) is 2.17. The molecule has 0 aliphatic carbocycles. The minimum Gasteiger partial charge on any atom is -0.384 e. The van der Waals surface area contributed by atoms with Crippen molar-refractivity contribution < 1.29 is 9.90 Å². The average Bonchev–Trinajstić information content (AvgIpc) is 2.95. The minimum absolute atomic E-state index is 0.0956. The number of carbonyl (C=O) groups excluding carboxylic acids is 1. The zero-order valence-corrected chi connectivity index (χ0v) is 13.0. The number of aryl methyl sites for hydroxylation is 1. The molecule has 2 rings (SSSR count). The molecule has 1 aliphatic rings. The quantitative estimate of drug-likeness (QED) is 0.849. The van der Waals surface area contributed by atoms with Crippen LogP contribution in [0.5, 0.6) is 0 Å². The van der Waals surface area contributed by atoms with Gasteiger partial charge >= 0.3 is 0 Å². The fraction of sp³-hybridized carbons (Fsp3) is 0.500. The summed E-state index contributed by atoms with van der Waals surface area (Å²) < 4.78 is 0. The van der Waals surface area contributed by atoms with Gasteiger partial charge in [0.15, 0.2) is 0 Å². The predicted octanol–water partition coefficient (Wildman–Crippen LogP) is 2.60. The molecule has 3 nitrogen and oxygen atoms in total. The number of rotatable bonds is 2. The molecule has 1 aromatic rings. The van der Waals surface area contributed by atoms with Gasteiger partial charge in [-0.2, -0.15) is 0 Å². The van der Waals surface area contributed by atoms with E-state index in [1.54, 1.807) is 0 Å². The van der Waals surface area contributed by atoms with Gasteiger partial charge in [-0.1, -0.05) is 31.8 Å². The molecule has 1 fully saturated rings. The first kappa shape index (κ1) is 15.6. The number of nitrogens with zero attached hydrogens (tertiary/aromatic N) is 1. The molecular formula is C18H23NO2. The maximum Gasteiger partial charge on any atom is 0.254 e. The Morgan fingerprint density at radius 1 is 1.48 bits per heavy atom. The summed E-state index contributed by atoms with van der Waals surface area (Å²) >= 11 is 0. The van der Waals surface area contributed by atoms with Gasteiger partial charge in [-0.25, -0.2) is 0 Å². The fourth-order valence-corrected chi connectivity index (χ4v) is 2.93. The second-order valence-electron chi connectivity index (χ2n) is 5.94. The van der Waals surface area contributed by atoms with E-state index in [4.69, 9.17) is 5.11 Å². The first-order valence-corrected chi connectivity index (χ1v) is 7.56. The number of hydrogen-bond acceptors (Lipinski definition) is 2. The zero-order chi connectivity index (χ0) is 15.4. The number of likely N-dealkylation sites (tertiary alicyclic amines) is 1. The molecule has 1 aromatic carbocycles. The molecule has 0 spiro atoms. The van der Waals surface area contributed by atoms with Crippen LogP contribution in [0.1, 0.15) is 48.2 Å². The lowest BCUT2D eigenvalue weighted by Gasteiger charge is -2.28. The van der Waals surface area contributed by atoms with Crippen molar-refractivity contribution in [2.75, 3.05) is 13.2 Å². The smallest absolute Gasteiger partial charge is 0.254 e. The predicted molar refractivity (Wildman–Crippen MR) is 84.0 cm³/mol. The Kier molecular flexibility index (Phi) is 5.03. The topological polar surface area (TPSA) is 40.5 Å². The van der Waals surface area contributed by atoms with E-state index in [1.165, 1.54) is 0 Å². The molecule has 1 aliphatic heterocycles. The van der Waals surface area contributed by atoms with E-state index in [1.807, 2.05) is 30.0 Å². The lowest BCUT2D eigenvalue weighted by atomic mass is 10.0. The van der Waals surface area contributed by atoms with Crippen LogP contribution >= 0.6 is 0 Å². The van der Waals surface area contributed by atoms with Crippen molar-refractivity contribution in [1.82, 2.24) is 4.90 Å². The maximum atomic E-state index is 12.7. The number of hydrogen-bond donors (Lipinski definition) is 1. The van der Waals surface area contributed by atoms with Crippen LogP contribution in [0.3, 0.4) is 0 Å². The highest BCUT2D eigenvalue weighted by molar-refractivity contribution is 5.95. The molecular weight excluding hydrogens is 262 g/mol. The fourth-order valence-electron chi connectivity index (χ4n) is 2.93. The summed E-state index contributed by atoms with van der Waals surface area (Å²) in [5.41, 5.74) is 2.53. The zero-order valence-electron chi connectivity index (χ0n) is 13.0. The number of aliphatic hydroxyl groups is 1. The summed E-state index contributed by atoms with van der Waals surface area (Å²) in [6, 6.07) is 5.98. The van der Waals surface area contributed by atoms with Crippen molar-refractivity contribution in [2.45, 2.75) is 39.7 Å². The molecule has 1 N–H and O–H groups in total. The van der Waals surface area contributed by atoms with Crippen LogP contribution in [0.2, 0.25) is 0 Å². The monoisotopic (exact) mass is 285 g/mol. The molecule has 1 saturated heterocycles. The summed E-state index contributed by atoms with van der Waals surface area (Å²) in [5.74, 6) is 6.14. The van der Waals surface area contributed by atoms with Gasteiger partial charge < -0.3 is 10.0 Å². The third kappa shape index (κ3) is 3.46. The molecule has 112 valence electrons. The van der Waals surface area contributed by atoms with Crippen molar-refractivity contribution in [2.24, 2.45) is 5.92 Å². The van der Waals surface area contributed by atoms with E-state index in [-0.39, 0.29) is 12.5 Å². The molecule has 1 unspecified atom stereocenters. The maximum absolute atomic E-state index is 12.7. The normalized spacial score (nSPS) is 17.8. The second kappa shape index (κ2) is 6.78. The summed E-state index contributed by atoms with van der Waals surface area (Å²) in [5, 5.41) is 8.82. The van der Waals surface area contributed by atoms with Crippen molar-refractivity contribution in [3.05, 3.63) is 34.9 Å². The van der Waals surface area contributed by atoms with E-state index in [0.29, 0.717) is 17.5 Å². The molecule has 0 radical (unpaired) electrons. The van der Waals surface area contributed by atoms with E-state index in [9.17, 15) is 4.79 Å². The second-order valence-corrected chi connectivity index (χ2v) is 5.94. The Balaban J connectivity index is 2.27. The van der Waals surface area contributed by atoms with Crippen LogP contribution in [0.4, 0.5) is 0 Å². The van der Waals surface area contributed by atoms with Crippen LogP contribution in [0, 0.1) is 24.7 Å². The molecule has 1 atom stereocenters. The number of benzene rings is 1. The van der Waals surface area contributed by atoms with Gasteiger partial charge in [-0.15, -0.1) is 0 Å². The Morgan fingerprint density at radius 2 is 2.24 bits per heavy atom. The van der Waals surface area contributed by atoms with Crippen LogP contribution < -0.4 is 0 Å². The summed E-state index contributed by atoms with van der Waals surface area (Å²) in [4.78, 5) is 14.7. The standard InChI is InChI=1S/C18H23NO2/c1-13(2)17-7-4-10-19(17)18(21)16-9-8-14(3)15(12-16)6-5-11-20/h8-9,12-13,17,20H,4,7,10-11H2,1-3H3. The van der Waals surface area contributed by atoms with Crippen molar-refractivity contribution >= 4 is 5.91 Å². The van der Waals surface area contributed by atoms with E-state index in [0.717, 1.165) is 30.5 Å². The Morgan fingerprint density at radius 3 is 2.90 bits per heavy atom. The third-order valence-corrected chi connectivity index (χ3v) is 4.12. The molecule has 1 heterocycles. The highest BCUT2D eigenvalue weighted by atomic mass is 16.2. The Labute approximate surface area is 127 Å². The van der Waals surface area contributed by atoms with Gasteiger partial charge in [-0.05, 0) is 43.4 Å². The summed E-state index contributed by atoms with van der Waals surface area (Å²) in [7, 11) is 0. The van der Waals surface area contributed by atoms with Gasteiger partial charge in [0.25, 0.3) is 5.91 Å². The van der Waals surface area contributed by atoms with Crippen molar-refractivity contribution in [3.8, 4) is 11.8 Å². The summed E-state index contributed by atoms with van der Waals surface area (Å²) in [6.45, 7) is 6.97. The Bertz CT molecular complexity index is 581. The van der Waals surface area contributed by atoms with Gasteiger partial charge in [0.2, 0.25) is 0 Å². The first-order chi connectivity index (χ1) is 10.0. The molecule has 0 aromatic heterocycles. The lowest BCUT2D eigenvalue weighted by Crippen LogP contribution is -2.38. The van der Waals surface area contributed by atoms with Gasteiger partial charge in [0.05, 0.1) is 0 Å². The van der Waals surface area contributed by atoms with Crippen LogP contribution in [-0.2, 0) is 0 Å². The number of amides is 1. The van der Waals surface area contributed by atoms with Crippen LogP contribution in [0.15, 0.2) is 18.2 Å². The lowest BCUT2D eigenvalue weighted by molar-refractivity contribution is 0.0701. The minimum atomic E-state index is -0.167. The van der Waals surface area contributed by atoms with E-state index in [2.05, 4.69) is 25.7 Å². The van der Waals surface area contributed by atoms with E-state index >= 15 is 0 Å². The molecule has 0 saturated carbocycles.